The molecule has 228 valence electrons. The molecule has 0 aliphatic heterocycles. The molecule has 3 N–H and O–H groups in total. The molecule has 0 bridgehead atoms. The van der Waals surface area contributed by atoms with E-state index in [0.717, 1.165) is 19.3 Å². The number of aryl methyl sites for hydroxylation is 3. The van der Waals surface area contributed by atoms with Crippen molar-refractivity contribution in [3.05, 3.63) is 89.2 Å². The molecule has 0 saturated carbocycles. The summed E-state index contributed by atoms with van der Waals surface area (Å²) in [5.41, 5.74) is 3.55. The number of aliphatic carboxylic acids is 1. The summed E-state index contributed by atoms with van der Waals surface area (Å²) in [6, 6.07) is 19.5. The molecule has 3 rings (SSSR count). The monoisotopic (exact) mass is 598 g/mol. The molecule has 0 aliphatic carbocycles. The summed E-state index contributed by atoms with van der Waals surface area (Å²) >= 11 is 0. The fourth-order valence-corrected chi connectivity index (χ4v) is 6.53. The van der Waals surface area contributed by atoms with Crippen LogP contribution in [0.15, 0.2) is 71.6 Å². The molecule has 1 atom stereocenters. The van der Waals surface area contributed by atoms with Crippen LogP contribution in [0.1, 0.15) is 56.7 Å². The molecule has 0 aliphatic rings. The van der Waals surface area contributed by atoms with Gasteiger partial charge in [-0.1, -0.05) is 49.4 Å². The number of sulfonamides is 1. The summed E-state index contributed by atoms with van der Waals surface area (Å²) in [6.07, 6.45) is 2.41. The van der Waals surface area contributed by atoms with Gasteiger partial charge in [-0.3, -0.25) is 4.79 Å². The van der Waals surface area contributed by atoms with Gasteiger partial charge in [-0.15, -0.1) is 0 Å². The van der Waals surface area contributed by atoms with E-state index in [9.17, 15) is 22.7 Å². The fraction of sp³-hybridized carbons (Fsp3) is 0.424. The van der Waals surface area contributed by atoms with E-state index in [1.165, 1.54) is 35.1 Å². The van der Waals surface area contributed by atoms with Gasteiger partial charge in [0.05, 0.1) is 11.0 Å². The van der Waals surface area contributed by atoms with Gasteiger partial charge in [-0.2, -0.15) is 4.31 Å². The number of carbonyl (C=O) groups is 1. The van der Waals surface area contributed by atoms with Crippen molar-refractivity contribution in [1.82, 2.24) is 9.62 Å². The molecule has 9 heteroatoms. The Hall–Kier alpha value is -3.11. The average Bonchev–Trinajstić information content (AvgIpc) is 2.95. The number of aliphatic hydroxyl groups is 1. The molecule has 3 aromatic carbocycles. The second-order valence-electron chi connectivity index (χ2n) is 11.4. The summed E-state index contributed by atoms with van der Waals surface area (Å²) in [5.74, 6) is -1.44. The smallest absolute Gasteiger partial charge is 0.303 e. The van der Waals surface area contributed by atoms with E-state index in [1.807, 2.05) is 25.1 Å². The standard InChI is InChI=1S/C33H43FN2O5S/c1-5-25-20-26(30-16-15-28(34)21-27(30)14-18-32(38)39)13-17-31(25)42(40,41)36(4)23-29(37)22-35-33(2,3)19-9-12-24-10-7-6-8-11-24/h6-8,10-11,13,15-17,20-21,29,35,37H,5,9,12,14,18-19,22-23H2,1-4H3,(H,38,39). The molecule has 0 radical (unpaired) electrons. The van der Waals surface area contributed by atoms with E-state index in [1.54, 1.807) is 18.2 Å². The Morgan fingerprint density at radius 1 is 1.02 bits per heavy atom. The number of nitrogens with one attached hydrogen (secondary N) is 1. The Bertz CT molecular complexity index is 1440. The number of likely N-dealkylation sites (N-methyl/N-ethyl adjacent to an activating group) is 1. The van der Waals surface area contributed by atoms with Crippen LogP contribution < -0.4 is 5.32 Å². The van der Waals surface area contributed by atoms with Gasteiger partial charge < -0.3 is 15.5 Å². The highest BCUT2D eigenvalue weighted by Gasteiger charge is 2.27. The zero-order valence-electron chi connectivity index (χ0n) is 24.9. The lowest BCUT2D eigenvalue weighted by Gasteiger charge is -2.29. The van der Waals surface area contributed by atoms with Crippen LogP contribution in [0, 0.1) is 5.82 Å². The van der Waals surface area contributed by atoms with E-state index in [0.29, 0.717) is 28.7 Å². The molecular weight excluding hydrogens is 555 g/mol. The highest BCUT2D eigenvalue weighted by Crippen LogP contribution is 2.30. The van der Waals surface area contributed by atoms with E-state index in [2.05, 4.69) is 31.3 Å². The molecule has 0 fully saturated rings. The van der Waals surface area contributed by atoms with Crippen LogP contribution in [-0.2, 0) is 34.1 Å². The molecule has 0 heterocycles. The van der Waals surface area contributed by atoms with Gasteiger partial charge in [0.25, 0.3) is 0 Å². The largest absolute Gasteiger partial charge is 0.481 e. The number of hydrogen-bond acceptors (Lipinski definition) is 5. The topological polar surface area (TPSA) is 107 Å². The first-order valence-corrected chi connectivity index (χ1v) is 15.8. The number of rotatable bonds is 16. The lowest BCUT2D eigenvalue weighted by molar-refractivity contribution is -0.136. The maximum atomic E-state index is 13.9. The van der Waals surface area contributed by atoms with Crippen LogP contribution in [0.3, 0.4) is 0 Å². The van der Waals surface area contributed by atoms with E-state index >= 15 is 0 Å². The van der Waals surface area contributed by atoms with Crippen molar-refractivity contribution in [2.75, 3.05) is 20.1 Å². The molecule has 0 spiro atoms. The number of halogens is 1. The minimum absolute atomic E-state index is 0.0718. The Morgan fingerprint density at radius 2 is 1.74 bits per heavy atom. The predicted molar refractivity (Wildman–Crippen MR) is 164 cm³/mol. The number of β-amino-alcohol motifs (C(OH)–C–C–N with tert-alkyl or cyclic N) is 1. The van der Waals surface area contributed by atoms with Crippen molar-refractivity contribution in [3.63, 3.8) is 0 Å². The fourth-order valence-electron chi connectivity index (χ4n) is 5.06. The number of carboxylic acids is 1. The van der Waals surface area contributed by atoms with E-state index < -0.39 is 27.9 Å². The normalized spacial score (nSPS) is 12.9. The first-order chi connectivity index (χ1) is 19.8. The van der Waals surface area contributed by atoms with Crippen LogP contribution in [0.25, 0.3) is 11.1 Å². The van der Waals surface area contributed by atoms with Gasteiger partial charge in [-0.25, -0.2) is 12.8 Å². The number of nitrogens with zero attached hydrogens (tertiary/aromatic N) is 1. The SMILES string of the molecule is CCc1cc(-c2ccc(F)cc2CCC(=O)O)ccc1S(=O)(=O)N(C)CC(O)CNC(C)(C)CCCc1ccccc1. The molecule has 0 saturated heterocycles. The molecule has 1 unspecified atom stereocenters. The predicted octanol–water partition coefficient (Wildman–Crippen LogP) is 5.44. The van der Waals surface area contributed by atoms with Gasteiger partial charge in [0, 0.05) is 32.1 Å². The zero-order valence-corrected chi connectivity index (χ0v) is 25.8. The first kappa shape index (κ1) is 33.4. The maximum absolute atomic E-state index is 13.9. The quantitative estimate of drug-likeness (QED) is 0.203. The van der Waals surface area contributed by atoms with Gasteiger partial charge in [0.15, 0.2) is 0 Å². The van der Waals surface area contributed by atoms with Crippen molar-refractivity contribution < 1.29 is 27.8 Å². The molecular formula is C33H43FN2O5S. The van der Waals surface area contributed by atoms with Gasteiger partial charge in [-0.05, 0) is 98.0 Å². The molecule has 42 heavy (non-hydrogen) atoms. The second kappa shape index (κ2) is 14.9. The Balaban J connectivity index is 1.66. The summed E-state index contributed by atoms with van der Waals surface area (Å²) in [4.78, 5) is 11.2. The van der Waals surface area contributed by atoms with Crippen molar-refractivity contribution in [2.45, 2.75) is 75.8 Å². The number of hydrogen-bond donors (Lipinski definition) is 3. The number of aliphatic hydroxyl groups excluding tert-OH is 1. The van der Waals surface area contributed by atoms with Crippen LogP contribution in [0.5, 0.6) is 0 Å². The Kier molecular flexibility index (Phi) is 11.8. The lowest BCUT2D eigenvalue weighted by Crippen LogP contribution is -2.46. The third-order valence-corrected chi connectivity index (χ3v) is 9.43. The minimum Gasteiger partial charge on any atom is -0.481 e. The van der Waals surface area contributed by atoms with Crippen LogP contribution in [0.4, 0.5) is 4.39 Å². The number of benzene rings is 3. The summed E-state index contributed by atoms with van der Waals surface area (Å²) in [5, 5.41) is 23.2. The zero-order chi connectivity index (χ0) is 30.9. The highest BCUT2D eigenvalue weighted by molar-refractivity contribution is 7.89. The number of carboxylic acid groups (broad SMARTS) is 1. The van der Waals surface area contributed by atoms with Gasteiger partial charge in [0.1, 0.15) is 5.82 Å². The second-order valence-corrected chi connectivity index (χ2v) is 13.4. The van der Waals surface area contributed by atoms with Crippen molar-refractivity contribution >= 4 is 16.0 Å². The van der Waals surface area contributed by atoms with Crippen molar-refractivity contribution in [3.8, 4) is 11.1 Å². The third-order valence-electron chi connectivity index (χ3n) is 7.51. The Morgan fingerprint density at radius 3 is 2.40 bits per heavy atom. The average molecular weight is 599 g/mol. The Labute approximate surface area is 249 Å². The van der Waals surface area contributed by atoms with E-state index in [4.69, 9.17) is 5.11 Å². The van der Waals surface area contributed by atoms with Crippen molar-refractivity contribution in [2.24, 2.45) is 0 Å². The molecule has 0 aromatic heterocycles. The molecule has 7 nitrogen and oxygen atoms in total. The van der Waals surface area contributed by atoms with Crippen molar-refractivity contribution in [1.29, 1.82) is 0 Å². The van der Waals surface area contributed by atoms with Crippen LogP contribution in [0.2, 0.25) is 0 Å². The van der Waals surface area contributed by atoms with Crippen LogP contribution >= 0.6 is 0 Å². The maximum Gasteiger partial charge on any atom is 0.303 e. The molecule has 3 aromatic rings. The first-order valence-electron chi connectivity index (χ1n) is 14.4. The summed E-state index contributed by atoms with van der Waals surface area (Å²) in [6.45, 7) is 6.19. The highest BCUT2D eigenvalue weighted by atomic mass is 32.2. The third kappa shape index (κ3) is 9.46. The lowest BCUT2D eigenvalue weighted by atomic mass is 9.95. The minimum atomic E-state index is -3.90. The van der Waals surface area contributed by atoms with Gasteiger partial charge in [0.2, 0.25) is 10.0 Å². The molecule has 0 amide bonds. The summed E-state index contributed by atoms with van der Waals surface area (Å²) < 4.78 is 42.2. The van der Waals surface area contributed by atoms with E-state index in [-0.39, 0.29) is 36.4 Å². The van der Waals surface area contributed by atoms with Gasteiger partial charge >= 0.3 is 5.97 Å². The summed E-state index contributed by atoms with van der Waals surface area (Å²) in [7, 11) is -2.45. The van der Waals surface area contributed by atoms with Crippen LogP contribution in [-0.4, -0.2) is 60.7 Å².